The van der Waals surface area contributed by atoms with E-state index in [2.05, 4.69) is 21.5 Å². The Morgan fingerprint density at radius 1 is 1.12 bits per heavy atom. The molecule has 0 spiro atoms. The van der Waals surface area contributed by atoms with Gasteiger partial charge in [-0.05, 0) is 42.0 Å². The molecule has 3 aliphatic rings. The molecule has 2 N–H and O–H groups in total. The van der Waals surface area contributed by atoms with Crippen molar-refractivity contribution in [1.29, 1.82) is 5.26 Å². The maximum Gasteiger partial charge on any atom is 0.132 e. The third-order valence-electron chi connectivity index (χ3n) is 6.17. The third-order valence-corrected chi connectivity index (χ3v) is 6.17. The SMILES string of the molecule is N#CC1=C(c2ccc(O)cc2)N=C2NN=CC2C1c1ccc(OCCN2CCOCC2)cc1. The average Bonchev–Trinajstić information content (AvgIpc) is 3.33. The van der Waals surface area contributed by atoms with Gasteiger partial charge >= 0.3 is 0 Å². The molecule has 33 heavy (non-hydrogen) atoms. The second-order valence-electron chi connectivity index (χ2n) is 8.18. The first-order valence-corrected chi connectivity index (χ1v) is 11.1. The quantitative estimate of drug-likeness (QED) is 0.712. The summed E-state index contributed by atoms with van der Waals surface area (Å²) < 4.78 is 11.3. The number of fused-ring (bicyclic) bond motifs is 1. The van der Waals surface area contributed by atoms with Gasteiger partial charge in [-0.15, -0.1) is 0 Å². The minimum absolute atomic E-state index is 0.131. The van der Waals surface area contributed by atoms with Crippen LogP contribution in [0.4, 0.5) is 0 Å². The van der Waals surface area contributed by atoms with Gasteiger partial charge in [-0.1, -0.05) is 12.1 Å². The highest BCUT2D eigenvalue weighted by atomic mass is 16.5. The first-order valence-electron chi connectivity index (χ1n) is 11.1. The summed E-state index contributed by atoms with van der Waals surface area (Å²) in [7, 11) is 0. The van der Waals surface area contributed by atoms with E-state index in [1.807, 2.05) is 24.3 Å². The number of hydrazone groups is 1. The standard InChI is InChI=1S/C25H25N5O3/c26-15-21-23(17-3-7-20(8-4-17)33-14-11-30-9-12-32-13-10-30)22-16-27-29-25(22)28-24(21)18-1-5-19(31)6-2-18/h1-8,16,22-23,31H,9-14H2,(H,28,29). The number of phenols is 1. The van der Waals surface area contributed by atoms with Gasteiger partial charge < -0.3 is 14.6 Å². The van der Waals surface area contributed by atoms with Crippen LogP contribution in [0.5, 0.6) is 11.5 Å². The number of aliphatic imine (C=N–C) groups is 1. The molecule has 0 amide bonds. The fourth-order valence-corrected chi connectivity index (χ4v) is 4.40. The summed E-state index contributed by atoms with van der Waals surface area (Å²) in [5.74, 6) is 1.34. The molecule has 2 atom stereocenters. The van der Waals surface area contributed by atoms with Crippen molar-refractivity contribution in [2.24, 2.45) is 16.0 Å². The number of hydrogen-bond acceptors (Lipinski definition) is 8. The molecular weight excluding hydrogens is 418 g/mol. The van der Waals surface area contributed by atoms with Crippen molar-refractivity contribution < 1.29 is 14.6 Å². The number of nitrogens with zero attached hydrogens (tertiary/aromatic N) is 4. The van der Waals surface area contributed by atoms with E-state index in [1.165, 1.54) is 0 Å². The van der Waals surface area contributed by atoms with Gasteiger partial charge in [0.1, 0.15) is 23.9 Å². The summed E-state index contributed by atoms with van der Waals surface area (Å²) in [5, 5.41) is 23.9. The van der Waals surface area contributed by atoms with Crippen molar-refractivity contribution in [2.45, 2.75) is 5.92 Å². The Labute approximate surface area is 192 Å². The summed E-state index contributed by atoms with van der Waals surface area (Å²) in [6.45, 7) is 4.93. The van der Waals surface area contributed by atoms with E-state index >= 15 is 0 Å². The maximum atomic E-state index is 10.1. The molecule has 2 aromatic carbocycles. The number of phenolic OH excluding ortho intramolecular Hbond substituents is 1. The van der Waals surface area contributed by atoms with Gasteiger partial charge in [0.25, 0.3) is 0 Å². The fraction of sp³-hybridized carbons (Fsp3) is 0.320. The lowest BCUT2D eigenvalue weighted by Crippen LogP contribution is -2.38. The lowest BCUT2D eigenvalue weighted by molar-refractivity contribution is 0.0322. The molecule has 5 rings (SSSR count). The van der Waals surface area contributed by atoms with Crippen LogP contribution >= 0.6 is 0 Å². The Kier molecular flexibility index (Phi) is 6.07. The van der Waals surface area contributed by atoms with Gasteiger partial charge in [-0.25, -0.2) is 4.99 Å². The number of ether oxygens (including phenoxy) is 2. The van der Waals surface area contributed by atoms with Crippen molar-refractivity contribution in [1.82, 2.24) is 10.3 Å². The minimum atomic E-state index is -0.215. The van der Waals surface area contributed by atoms with Crippen LogP contribution in [0, 0.1) is 17.2 Å². The molecule has 3 heterocycles. The summed E-state index contributed by atoms with van der Waals surface area (Å²) in [4.78, 5) is 7.03. The Hall–Kier alpha value is -3.67. The lowest BCUT2D eigenvalue weighted by Gasteiger charge is -2.28. The zero-order valence-electron chi connectivity index (χ0n) is 18.1. The predicted molar refractivity (Wildman–Crippen MR) is 125 cm³/mol. The fourth-order valence-electron chi connectivity index (χ4n) is 4.40. The van der Waals surface area contributed by atoms with E-state index in [1.54, 1.807) is 30.5 Å². The monoisotopic (exact) mass is 443 g/mol. The molecule has 2 aromatic rings. The molecule has 0 bridgehead atoms. The molecule has 0 saturated carbocycles. The van der Waals surface area contributed by atoms with Crippen LogP contribution < -0.4 is 10.2 Å². The first kappa shape index (κ1) is 21.2. The van der Waals surface area contributed by atoms with Crippen LogP contribution in [-0.4, -0.2) is 61.5 Å². The van der Waals surface area contributed by atoms with Crippen molar-refractivity contribution in [3.63, 3.8) is 0 Å². The zero-order valence-corrected chi connectivity index (χ0v) is 18.1. The molecule has 0 aromatic heterocycles. The number of benzene rings is 2. The molecule has 1 fully saturated rings. The van der Waals surface area contributed by atoms with Gasteiger partial charge in [0, 0.05) is 37.3 Å². The Morgan fingerprint density at radius 3 is 2.61 bits per heavy atom. The molecule has 1 saturated heterocycles. The highest BCUT2D eigenvalue weighted by Crippen LogP contribution is 2.42. The number of aromatic hydroxyl groups is 1. The van der Waals surface area contributed by atoms with Crippen molar-refractivity contribution in [2.75, 3.05) is 39.5 Å². The molecule has 0 aliphatic carbocycles. The normalized spacial score (nSPS) is 22.3. The van der Waals surface area contributed by atoms with E-state index < -0.39 is 0 Å². The number of hydrogen-bond donors (Lipinski definition) is 2. The van der Waals surface area contributed by atoms with Crippen LogP contribution in [0.15, 0.2) is 64.2 Å². The predicted octanol–water partition coefficient (Wildman–Crippen LogP) is 2.74. The van der Waals surface area contributed by atoms with E-state index in [9.17, 15) is 10.4 Å². The van der Waals surface area contributed by atoms with E-state index in [4.69, 9.17) is 14.5 Å². The maximum absolute atomic E-state index is 10.1. The highest BCUT2D eigenvalue weighted by molar-refractivity contribution is 6.07. The van der Waals surface area contributed by atoms with E-state index in [-0.39, 0.29) is 17.6 Å². The lowest BCUT2D eigenvalue weighted by atomic mass is 9.77. The van der Waals surface area contributed by atoms with Crippen molar-refractivity contribution >= 4 is 17.7 Å². The smallest absolute Gasteiger partial charge is 0.132 e. The van der Waals surface area contributed by atoms with Crippen LogP contribution in [0.2, 0.25) is 0 Å². The molecular formula is C25H25N5O3. The number of amidine groups is 1. The number of allylic oxidation sites excluding steroid dienone is 1. The van der Waals surface area contributed by atoms with E-state index in [0.29, 0.717) is 23.7 Å². The minimum Gasteiger partial charge on any atom is -0.508 e. The van der Waals surface area contributed by atoms with E-state index in [0.717, 1.165) is 49.7 Å². The summed E-state index contributed by atoms with van der Waals surface area (Å²) in [5.41, 5.74) is 5.91. The zero-order chi connectivity index (χ0) is 22.6. The third kappa shape index (κ3) is 4.46. The van der Waals surface area contributed by atoms with Crippen LogP contribution in [0.1, 0.15) is 17.0 Å². The molecule has 0 radical (unpaired) electrons. The van der Waals surface area contributed by atoms with Gasteiger partial charge in [0.15, 0.2) is 0 Å². The highest BCUT2D eigenvalue weighted by Gasteiger charge is 2.38. The van der Waals surface area contributed by atoms with Gasteiger partial charge in [0.2, 0.25) is 0 Å². The van der Waals surface area contributed by atoms with Crippen LogP contribution in [-0.2, 0) is 4.74 Å². The summed E-state index contributed by atoms with van der Waals surface area (Å²) in [6.07, 6.45) is 1.81. The molecule has 168 valence electrons. The summed E-state index contributed by atoms with van der Waals surface area (Å²) in [6, 6.07) is 17.0. The van der Waals surface area contributed by atoms with Crippen LogP contribution in [0.3, 0.4) is 0 Å². The molecule has 8 heteroatoms. The second-order valence-corrected chi connectivity index (χ2v) is 8.18. The largest absolute Gasteiger partial charge is 0.508 e. The van der Waals surface area contributed by atoms with Crippen molar-refractivity contribution in [3.8, 4) is 17.6 Å². The van der Waals surface area contributed by atoms with Gasteiger partial charge in [-0.3, -0.25) is 10.3 Å². The number of morpholine rings is 1. The Bertz CT molecular complexity index is 1130. The van der Waals surface area contributed by atoms with Gasteiger partial charge in [-0.2, -0.15) is 10.4 Å². The topological polar surface area (TPSA) is 102 Å². The molecule has 3 aliphatic heterocycles. The summed E-state index contributed by atoms with van der Waals surface area (Å²) >= 11 is 0. The molecule has 8 nitrogen and oxygen atoms in total. The van der Waals surface area contributed by atoms with Crippen molar-refractivity contribution in [3.05, 3.63) is 65.2 Å². The molecule has 2 unspecified atom stereocenters. The van der Waals surface area contributed by atoms with Crippen LogP contribution in [0.25, 0.3) is 5.70 Å². The number of rotatable bonds is 6. The average molecular weight is 444 g/mol. The number of nitriles is 1. The Morgan fingerprint density at radius 2 is 1.88 bits per heavy atom. The number of nitrogens with one attached hydrogen (secondary N) is 1. The Balaban J connectivity index is 1.37. The second kappa shape index (κ2) is 9.45. The van der Waals surface area contributed by atoms with Gasteiger partial charge in [0.05, 0.1) is 36.5 Å². The first-order chi connectivity index (χ1) is 16.2.